The highest BCUT2D eigenvalue weighted by atomic mass is 32.2. The van der Waals surface area contributed by atoms with Gasteiger partial charge in [0.2, 0.25) is 10.0 Å². The van der Waals surface area contributed by atoms with Crippen LogP contribution >= 0.6 is 11.3 Å². The second-order valence-electron chi connectivity index (χ2n) is 5.82. The van der Waals surface area contributed by atoms with Gasteiger partial charge in [-0.05, 0) is 31.7 Å². The SMILES string of the molecule is CCC(CC)CNS(=O)(=O)c1cc(CNC2CC2)sc1C. The first kappa shape index (κ1) is 16.9. The third-order valence-electron chi connectivity index (χ3n) is 4.07. The van der Waals surface area contributed by atoms with Gasteiger partial charge in [0, 0.05) is 28.9 Å². The van der Waals surface area contributed by atoms with E-state index in [9.17, 15) is 8.42 Å². The molecule has 1 aromatic rings. The highest BCUT2D eigenvalue weighted by Crippen LogP contribution is 2.27. The fraction of sp³-hybridized carbons (Fsp3) is 0.733. The van der Waals surface area contributed by atoms with E-state index in [2.05, 4.69) is 23.9 Å². The van der Waals surface area contributed by atoms with E-state index in [1.807, 2.05) is 13.0 Å². The number of aryl methyl sites for hydroxylation is 1. The van der Waals surface area contributed by atoms with E-state index in [0.717, 1.165) is 29.1 Å². The fourth-order valence-corrected chi connectivity index (χ4v) is 4.99. The summed E-state index contributed by atoms with van der Waals surface area (Å²) < 4.78 is 27.6. The van der Waals surface area contributed by atoms with Crippen LogP contribution in [0.25, 0.3) is 0 Å². The van der Waals surface area contributed by atoms with E-state index in [4.69, 9.17) is 0 Å². The third kappa shape index (κ3) is 4.77. The van der Waals surface area contributed by atoms with E-state index < -0.39 is 10.0 Å². The summed E-state index contributed by atoms with van der Waals surface area (Å²) in [6.07, 6.45) is 4.48. The first-order valence-electron chi connectivity index (χ1n) is 7.78. The molecule has 0 saturated heterocycles. The van der Waals surface area contributed by atoms with Crippen LogP contribution in [0.1, 0.15) is 49.3 Å². The Morgan fingerprint density at radius 1 is 1.33 bits per heavy atom. The van der Waals surface area contributed by atoms with Crippen molar-refractivity contribution >= 4 is 21.4 Å². The van der Waals surface area contributed by atoms with Crippen molar-refractivity contribution in [3.8, 4) is 0 Å². The quantitative estimate of drug-likeness (QED) is 0.732. The van der Waals surface area contributed by atoms with E-state index in [-0.39, 0.29) is 0 Å². The van der Waals surface area contributed by atoms with Gasteiger partial charge < -0.3 is 5.32 Å². The summed E-state index contributed by atoms with van der Waals surface area (Å²) in [5, 5.41) is 3.43. The van der Waals surface area contributed by atoms with Crippen LogP contribution in [0.2, 0.25) is 0 Å². The lowest BCUT2D eigenvalue weighted by molar-refractivity contribution is 0.479. The van der Waals surface area contributed by atoms with E-state index in [0.29, 0.717) is 23.4 Å². The zero-order chi connectivity index (χ0) is 15.5. The molecule has 4 nitrogen and oxygen atoms in total. The average Bonchev–Trinajstić information content (AvgIpc) is 3.19. The highest BCUT2D eigenvalue weighted by molar-refractivity contribution is 7.89. The summed E-state index contributed by atoms with van der Waals surface area (Å²) in [6.45, 7) is 7.38. The number of sulfonamides is 1. The first-order valence-corrected chi connectivity index (χ1v) is 10.1. The highest BCUT2D eigenvalue weighted by Gasteiger charge is 2.23. The zero-order valence-corrected chi connectivity index (χ0v) is 14.7. The zero-order valence-electron chi connectivity index (χ0n) is 13.1. The van der Waals surface area contributed by atoms with Gasteiger partial charge in [-0.25, -0.2) is 13.1 Å². The molecule has 1 aliphatic carbocycles. The molecule has 0 atom stereocenters. The molecule has 120 valence electrons. The van der Waals surface area contributed by atoms with Gasteiger partial charge in [0.05, 0.1) is 4.90 Å². The molecular formula is C15H26N2O2S2. The van der Waals surface area contributed by atoms with E-state index in [1.54, 1.807) is 11.3 Å². The number of nitrogens with one attached hydrogen (secondary N) is 2. The molecule has 6 heteroatoms. The number of hydrogen-bond donors (Lipinski definition) is 2. The molecule has 1 saturated carbocycles. The van der Waals surface area contributed by atoms with Gasteiger partial charge in [-0.2, -0.15) is 0 Å². The molecule has 1 aromatic heterocycles. The second kappa shape index (κ2) is 7.22. The molecule has 21 heavy (non-hydrogen) atoms. The molecule has 0 aliphatic heterocycles. The van der Waals surface area contributed by atoms with Gasteiger partial charge in [0.25, 0.3) is 0 Å². The minimum atomic E-state index is -3.38. The molecule has 2 N–H and O–H groups in total. The molecule has 0 spiro atoms. The van der Waals surface area contributed by atoms with Crippen molar-refractivity contribution in [1.29, 1.82) is 0 Å². The Bertz CT molecular complexity index is 558. The summed E-state index contributed by atoms with van der Waals surface area (Å²) in [5.74, 6) is 0.412. The second-order valence-corrected chi connectivity index (χ2v) is 8.90. The van der Waals surface area contributed by atoms with E-state index in [1.165, 1.54) is 12.8 Å². The van der Waals surface area contributed by atoms with Crippen molar-refractivity contribution in [3.05, 3.63) is 15.8 Å². The van der Waals surface area contributed by atoms with Crippen LogP contribution < -0.4 is 10.0 Å². The molecule has 0 aromatic carbocycles. The lowest BCUT2D eigenvalue weighted by Crippen LogP contribution is -2.29. The van der Waals surface area contributed by atoms with Crippen LogP contribution in [-0.2, 0) is 16.6 Å². The van der Waals surface area contributed by atoms with Crippen LogP contribution in [-0.4, -0.2) is 21.0 Å². The number of hydrogen-bond acceptors (Lipinski definition) is 4. The van der Waals surface area contributed by atoms with Crippen LogP contribution in [0.5, 0.6) is 0 Å². The van der Waals surface area contributed by atoms with Crippen molar-refractivity contribution in [2.24, 2.45) is 5.92 Å². The maximum absolute atomic E-state index is 12.4. The van der Waals surface area contributed by atoms with Crippen molar-refractivity contribution in [1.82, 2.24) is 10.0 Å². The van der Waals surface area contributed by atoms with Gasteiger partial charge in [0.15, 0.2) is 0 Å². The maximum atomic E-state index is 12.4. The van der Waals surface area contributed by atoms with Gasteiger partial charge in [0.1, 0.15) is 0 Å². The molecule has 1 heterocycles. The molecule has 0 radical (unpaired) electrons. The van der Waals surface area contributed by atoms with Gasteiger partial charge in [-0.15, -0.1) is 11.3 Å². The Balaban J connectivity index is 2.00. The molecule has 1 aliphatic rings. The molecule has 0 amide bonds. The number of rotatable bonds is 9. The minimum Gasteiger partial charge on any atom is -0.309 e. The summed E-state index contributed by atoms with van der Waals surface area (Å²) in [7, 11) is -3.38. The molecule has 0 bridgehead atoms. The fourth-order valence-electron chi connectivity index (χ4n) is 2.29. The van der Waals surface area contributed by atoms with Crippen molar-refractivity contribution in [2.75, 3.05) is 6.54 Å². The Labute approximate surface area is 132 Å². The Morgan fingerprint density at radius 2 is 2.00 bits per heavy atom. The van der Waals surface area contributed by atoms with Crippen LogP contribution in [0.3, 0.4) is 0 Å². The van der Waals surface area contributed by atoms with Gasteiger partial charge in [-0.3, -0.25) is 0 Å². The lowest BCUT2D eigenvalue weighted by Gasteiger charge is -2.13. The topological polar surface area (TPSA) is 58.2 Å². The summed E-state index contributed by atoms with van der Waals surface area (Å²) in [5.41, 5.74) is 0. The third-order valence-corrected chi connectivity index (χ3v) is 6.80. The van der Waals surface area contributed by atoms with Crippen molar-refractivity contribution in [3.63, 3.8) is 0 Å². The Hall–Kier alpha value is -0.430. The lowest BCUT2D eigenvalue weighted by atomic mass is 10.0. The summed E-state index contributed by atoms with van der Waals surface area (Å²) >= 11 is 1.58. The first-order chi connectivity index (χ1) is 9.96. The molecular weight excluding hydrogens is 304 g/mol. The maximum Gasteiger partial charge on any atom is 0.241 e. The van der Waals surface area contributed by atoms with E-state index >= 15 is 0 Å². The molecule has 2 rings (SSSR count). The van der Waals surface area contributed by atoms with Crippen LogP contribution in [0.15, 0.2) is 11.0 Å². The Kier molecular flexibility index (Phi) is 5.82. The normalized spacial score (nSPS) is 15.8. The molecule has 1 fully saturated rings. The van der Waals surface area contributed by atoms with Crippen molar-refractivity contribution < 1.29 is 8.42 Å². The standard InChI is InChI=1S/C15H26N2O2S2/c1-4-12(5-2)9-17-21(18,19)15-8-14(20-11(15)3)10-16-13-6-7-13/h8,12-13,16-17H,4-7,9-10H2,1-3H3. The number of thiophene rings is 1. The summed E-state index contributed by atoms with van der Waals surface area (Å²) in [6, 6.07) is 2.46. The van der Waals surface area contributed by atoms with Crippen LogP contribution in [0.4, 0.5) is 0 Å². The summed E-state index contributed by atoms with van der Waals surface area (Å²) in [4.78, 5) is 2.42. The predicted molar refractivity (Wildman–Crippen MR) is 88.2 cm³/mol. The molecule has 0 unspecified atom stereocenters. The van der Waals surface area contributed by atoms with Gasteiger partial charge in [-0.1, -0.05) is 26.7 Å². The van der Waals surface area contributed by atoms with Gasteiger partial charge >= 0.3 is 0 Å². The monoisotopic (exact) mass is 330 g/mol. The smallest absolute Gasteiger partial charge is 0.241 e. The largest absolute Gasteiger partial charge is 0.309 e. The average molecular weight is 331 g/mol. The predicted octanol–water partition coefficient (Wildman–Crippen LogP) is 3.02. The van der Waals surface area contributed by atoms with Crippen LogP contribution in [0, 0.1) is 12.8 Å². The minimum absolute atomic E-state index is 0.412. The van der Waals surface area contributed by atoms with Crippen molar-refractivity contribution in [2.45, 2.75) is 63.9 Å². The Morgan fingerprint density at radius 3 is 2.57 bits per heavy atom.